The van der Waals surface area contributed by atoms with Gasteiger partial charge in [0.2, 0.25) is 0 Å². The highest BCUT2D eigenvalue weighted by Gasteiger charge is 2.08. The van der Waals surface area contributed by atoms with Crippen molar-refractivity contribution in [3.8, 4) is 0 Å². The molecule has 0 aromatic heterocycles. The lowest BCUT2D eigenvalue weighted by Crippen LogP contribution is -2.12. The minimum atomic E-state index is 0.458. The molecule has 3 N–H and O–H groups in total. The molecule has 0 saturated carbocycles. The van der Waals surface area contributed by atoms with E-state index in [9.17, 15) is 0 Å². The number of rotatable bonds is 0. The molecule has 2 nitrogen and oxygen atoms in total. The zero-order valence-corrected chi connectivity index (χ0v) is 5.17. The predicted octanol–water partition coefficient (Wildman–Crippen LogP) is -0.367. The lowest BCUT2D eigenvalue weighted by molar-refractivity contribution is 0.915. The number of nitrogens with two attached hydrogens (primary N) is 1. The fraction of sp³-hybridized carbons (Fsp3) is 0.500. The molecule has 0 amide bonds. The summed E-state index contributed by atoms with van der Waals surface area (Å²) in [6.07, 6.45) is 1.84. The van der Waals surface area contributed by atoms with Crippen molar-refractivity contribution in [1.82, 2.24) is 5.32 Å². The SMILES string of the molecule is NC1=CNCC1P. The third kappa shape index (κ3) is 0.859. The molecule has 3 heteroatoms. The van der Waals surface area contributed by atoms with Gasteiger partial charge in [0.25, 0.3) is 0 Å². The smallest absolute Gasteiger partial charge is 0.0327 e. The van der Waals surface area contributed by atoms with Crippen LogP contribution >= 0.6 is 9.24 Å². The van der Waals surface area contributed by atoms with Gasteiger partial charge in [-0.1, -0.05) is 0 Å². The summed E-state index contributed by atoms with van der Waals surface area (Å²) >= 11 is 0. The summed E-state index contributed by atoms with van der Waals surface area (Å²) in [5.41, 5.74) is 6.85. The highest BCUT2D eigenvalue weighted by molar-refractivity contribution is 7.18. The maximum absolute atomic E-state index is 5.46. The Bertz CT molecular complexity index is 99.9. The highest BCUT2D eigenvalue weighted by Crippen LogP contribution is 2.09. The topological polar surface area (TPSA) is 38.0 Å². The lowest BCUT2D eigenvalue weighted by atomic mass is 10.4. The molecular formula is C4H9N2P. The van der Waals surface area contributed by atoms with E-state index in [4.69, 9.17) is 5.73 Å². The maximum atomic E-state index is 5.46. The Labute approximate surface area is 45.4 Å². The van der Waals surface area contributed by atoms with Crippen molar-refractivity contribution in [1.29, 1.82) is 0 Å². The van der Waals surface area contributed by atoms with Crippen LogP contribution in [0.3, 0.4) is 0 Å². The molecule has 0 fully saturated rings. The van der Waals surface area contributed by atoms with Gasteiger partial charge in [-0.3, -0.25) is 0 Å². The Balaban J connectivity index is 2.54. The number of hydrogen-bond acceptors (Lipinski definition) is 2. The van der Waals surface area contributed by atoms with Crippen molar-refractivity contribution in [3.63, 3.8) is 0 Å². The van der Waals surface area contributed by atoms with Crippen LogP contribution in [0, 0.1) is 0 Å². The second kappa shape index (κ2) is 1.71. The van der Waals surface area contributed by atoms with E-state index >= 15 is 0 Å². The van der Waals surface area contributed by atoms with E-state index in [1.165, 1.54) is 0 Å². The molecule has 0 radical (unpaired) electrons. The summed E-state index contributed by atoms with van der Waals surface area (Å²) in [4.78, 5) is 0. The van der Waals surface area contributed by atoms with Gasteiger partial charge in [-0.2, -0.15) is 0 Å². The first-order valence-corrected chi connectivity index (χ1v) is 2.92. The van der Waals surface area contributed by atoms with Gasteiger partial charge in [-0.25, -0.2) is 0 Å². The van der Waals surface area contributed by atoms with Gasteiger partial charge in [-0.15, -0.1) is 9.24 Å². The average Bonchev–Trinajstić information content (AvgIpc) is 1.91. The van der Waals surface area contributed by atoms with Crippen molar-refractivity contribution in [2.75, 3.05) is 6.54 Å². The summed E-state index contributed by atoms with van der Waals surface area (Å²) in [6.45, 7) is 0.969. The zero-order chi connectivity index (χ0) is 5.28. The van der Waals surface area contributed by atoms with Crippen molar-refractivity contribution in [2.24, 2.45) is 5.73 Å². The fourth-order valence-electron chi connectivity index (χ4n) is 0.529. The van der Waals surface area contributed by atoms with Crippen molar-refractivity contribution in [3.05, 3.63) is 11.9 Å². The van der Waals surface area contributed by atoms with E-state index in [-0.39, 0.29) is 0 Å². The molecule has 0 aliphatic carbocycles. The first kappa shape index (κ1) is 4.92. The van der Waals surface area contributed by atoms with Crippen LogP contribution < -0.4 is 11.1 Å². The quantitative estimate of drug-likeness (QED) is 0.424. The second-order valence-electron chi connectivity index (χ2n) is 1.66. The van der Waals surface area contributed by atoms with Gasteiger partial charge < -0.3 is 11.1 Å². The maximum Gasteiger partial charge on any atom is 0.0327 e. The molecule has 1 aliphatic heterocycles. The van der Waals surface area contributed by atoms with Gasteiger partial charge in [-0.05, 0) is 0 Å². The Kier molecular flexibility index (Phi) is 1.20. The van der Waals surface area contributed by atoms with Gasteiger partial charge in [0.1, 0.15) is 0 Å². The Hall–Kier alpha value is -0.230. The normalized spacial score (nSPS) is 29.3. The van der Waals surface area contributed by atoms with Crippen LogP contribution in [0.25, 0.3) is 0 Å². The standard InChI is InChI=1S/C4H9N2P/c5-3-1-6-2-4(3)7/h1,4,6H,2,5,7H2. The van der Waals surface area contributed by atoms with E-state index < -0.39 is 0 Å². The first-order valence-electron chi connectivity index (χ1n) is 2.25. The van der Waals surface area contributed by atoms with E-state index in [1.807, 2.05) is 6.20 Å². The van der Waals surface area contributed by atoms with Crippen LogP contribution in [-0.4, -0.2) is 12.2 Å². The molecule has 0 saturated heterocycles. The molecular weight excluding hydrogens is 107 g/mol. The lowest BCUT2D eigenvalue weighted by Gasteiger charge is -1.97. The van der Waals surface area contributed by atoms with Crippen LogP contribution in [0.15, 0.2) is 11.9 Å². The van der Waals surface area contributed by atoms with E-state index in [0.717, 1.165) is 12.2 Å². The van der Waals surface area contributed by atoms with Crippen LogP contribution in [0.2, 0.25) is 0 Å². The molecule has 0 spiro atoms. The monoisotopic (exact) mass is 116 g/mol. The molecule has 1 aliphatic rings. The molecule has 0 bridgehead atoms. The summed E-state index contributed by atoms with van der Waals surface area (Å²) in [7, 11) is 2.66. The highest BCUT2D eigenvalue weighted by atomic mass is 31.0. The molecule has 0 aromatic rings. The summed E-state index contributed by atoms with van der Waals surface area (Å²) in [6, 6.07) is 0. The third-order valence-corrected chi connectivity index (χ3v) is 1.66. The second-order valence-corrected chi connectivity index (χ2v) is 2.46. The van der Waals surface area contributed by atoms with E-state index in [1.54, 1.807) is 0 Å². The Morgan fingerprint density at radius 1 is 2.00 bits per heavy atom. The van der Waals surface area contributed by atoms with Crippen molar-refractivity contribution in [2.45, 2.75) is 5.66 Å². The zero-order valence-electron chi connectivity index (χ0n) is 4.02. The fourth-order valence-corrected chi connectivity index (χ4v) is 0.761. The minimum absolute atomic E-state index is 0.458. The Morgan fingerprint density at radius 2 is 2.71 bits per heavy atom. The molecule has 1 heterocycles. The van der Waals surface area contributed by atoms with Crippen LogP contribution in [0.5, 0.6) is 0 Å². The van der Waals surface area contributed by atoms with Gasteiger partial charge in [0, 0.05) is 24.1 Å². The molecule has 40 valence electrons. The first-order chi connectivity index (χ1) is 3.30. The molecule has 2 atom stereocenters. The van der Waals surface area contributed by atoms with Crippen LogP contribution in [-0.2, 0) is 0 Å². The van der Waals surface area contributed by atoms with Gasteiger partial charge >= 0.3 is 0 Å². The largest absolute Gasteiger partial charge is 0.400 e. The summed E-state index contributed by atoms with van der Waals surface area (Å²) in [5, 5.41) is 3.01. The van der Waals surface area contributed by atoms with Crippen LogP contribution in [0.4, 0.5) is 0 Å². The van der Waals surface area contributed by atoms with Crippen molar-refractivity contribution >= 4 is 9.24 Å². The molecule has 1 rings (SSSR count). The van der Waals surface area contributed by atoms with Crippen LogP contribution in [0.1, 0.15) is 0 Å². The van der Waals surface area contributed by atoms with Crippen molar-refractivity contribution < 1.29 is 0 Å². The van der Waals surface area contributed by atoms with E-state index in [0.29, 0.717) is 5.66 Å². The van der Waals surface area contributed by atoms with Gasteiger partial charge in [0.15, 0.2) is 0 Å². The summed E-state index contributed by atoms with van der Waals surface area (Å²) in [5.74, 6) is 0. The molecule has 7 heavy (non-hydrogen) atoms. The number of hydrogen-bond donors (Lipinski definition) is 2. The third-order valence-electron chi connectivity index (χ3n) is 1.03. The predicted molar refractivity (Wildman–Crippen MR) is 33.8 cm³/mol. The molecule has 2 unspecified atom stereocenters. The molecule has 0 aromatic carbocycles. The summed E-state index contributed by atoms with van der Waals surface area (Å²) < 4.78 is 0. The van der Waals surface area contributed by atoms with E-state index in [2.05, 4.69) is 14.6 Å². The average molecular weight is 116 g/mol. The van der Waals surface area contributed by atoms with Gasteiger partial charge in [0.05, 0.1) is 0 Å². The Morgan fingerprint density at radius 3 is 2.86 bits per heavy atom. The number of nitrogens with one attached hydrogen (secondary N) is 1. The minimum Gasteiger partial charge on any atom is -0.400 e.